The lowest BCUT2D eigenvalue weighted by Crippen LogP contribution is -2.38. The van der Waals surface area contributed by atoms with Crippen molar-refractivity contribution in [2.45, 2.75) is 17.2 Å². The maximum Gasteiger partial charge on any atom is 0.274 e. The van der Waals surface area contributed by atoms with Gasteiger partial charge in [-0.1, -0.05) is 35.9 Å². The van der Waals surface area contributed by atoms with E-state index in [1.807, 2.05) is 24.3 Å². The van der Waals surface area contributed by atoms with E-state index in [4.69, 9.17) is 16.4 Å². The Hall–Kier alpha value is -1.97. The van der Waals surface area contributed by atoms with Crippen molar-refractivity contribution in [3.8, 4) is 0 Å². The van der Waals surface area contributed by atoms with Crippen molar-refractivity contribution in [2.75, 3.05) is 6.61 Å². The van der Waals surface area contributed by atoms with Gasteiger partial charge < -0.3 is 0 Å². The fourth-order valence-corrected chi connectivity index (χ4v) is 5.20. The predicted molar refractivity (Wildman–Crippen MR) is 106 cm³/mol. The number of carbonyl (C=O) groups is 1. The molecule has 2 aromatic carbocycles. The largest absolute Gasteiger partial charge is 0.274 e. The smallest absolute Gasteiger partial charge is 0.272 e. The molecule has 0 aliphatic heterocycles. The number of halogens is 1. The first-order valence-electron chi connectivity index (χ1n) is 8.04. The summed E-state index contributed by atoms with van der Waals surface area (Å²) in [5, 5.41) is 1.31. The number of fused-ring (bicyclic) bond motifs is 1. The molecule has 0 unspecified atom stereocenters. The summed E-state index contributed by atoms with van der Waals surface area (Å²) in [7, 11) is -3.67. The zero-order chi connectivity index (χ0) is 19.4. The molecule has 0 aliphatic carbocycles. The topological polar surface area (TPSA) is 84.5 Å². The molecule has 0 aliphatic rings. The van der Waals surface area contributed by atoms with Gasteiger partial charge in [0.1, 0.15) is 4.21 Å². The molecule has 0 fully saturated rings. The van der Waals surface area contributed by atoms with Crippen molar-refractivity contribution in [1.29, 1.82) is 0 Å². The molecule has 0 radical (unpaired) electrons. The molecule has 0 spiro atoms. The maximum absolute atomic E-state index is 12.5. The summed E-state index contributed by atoms with van der Waals surface area (Å²) < 4.78 is 28.7. The van der Waals surface area contributed by atoms with Crippen molar-refractivity contribution in [3.63, 3.8) is 0 Å². The Morgan fingerprint density at radius 3 is 2.70 bits per heavy atom. The van der Waals surface area contributed by atoms with Crippen LogP contribution in [0.25, 0.3) is 10.1 Å². The van der Waals surface area contributed by atoms with Crippen LogP contribution in [0, 0.1) is 0 Å². The minimum atomic E-state index is -3.67. The van der Waals surface area contributed by atoms with Gasteiger partial charge in [0, 0.05) is 21.3 Å². The predicted octanol–water partition coefficient (Wildman–Crippen LogP) is 3.58. The van der Waals surface area contributed by atoms with Crippen LogP contribution >= 0.6 is 22.9 Å². The number of hydrogen-bond donors (Lipinski definition) is 2. The molecule has 0 saturated heterocycles. The Bertz CT molecular complexity index is 1030. The number of thiophene rings is 1. The summed E-state index contributed by atoms with van der Waals surface area (Å²) in [6.45, 7) is 1.62. The first kappa shape index (κ1) is 19.8. The van der Waals surface area contributed by atoms with Crippen LogP contribution in [0.4, 0.5) is 0 Å². The monoisotopic (exact) mass is 424 g/mol. The normalized spacial score (nSPS) is 12.8. The second kappa shape index (κ2) is 8.37. The number of carbonyl (C=O) groups excluding carboxylic acids is 1. The van der Waals surface area contributed by atoms with E-state index < -0.39 is 22.0 Å². The summed E-state index contributed by atoms with van der Waals surface area (Å²) in [5.74, 6) is -0.461. The van der Waals surface area contributed by atoms with E-state index in [2.05, 4.69) is 10.2 Å². The lowest BCUT2D eigenvalue weighted by Gasteiger charge is -2.14. The van der Waals surface area contributed by atoms with Gasteiger partial charge in [0.25, 0.3) is 5.91 Å². The first-order chi connectivity index (χ1) is 12.8. The van der Waals surface area contributed by atoms with Crippen LogP contribution in [-0.2, 0) is 14.9 Å². The number of sulfonamides is 1. The highest BCUT2D eigenvalue weighted by molar-refractivity contribution is 7.91. The number of benzene rings is 2. The number of nitrogens with one attached hydrogen (secondary N) is 2. The van der Waals surface area contributed by atoms with Crippen molar-refractivity contribution < 1.29 is 18.0 Å². The molecule has 1 heterocycles. The molecule has 1 amide bonds. The SMILES string of the molecule is C[C@@H](CONC(=O)c1cccc(Cl)c1)NS(=O)(=O)c1cc2ccccc2s1. The average Bonchev–Trinajstić information content (AvgIpc) is 3.06. The summed E-state index contributed by atoms with van der Waals surface area (Å²) in [4.78, 5) is 17.1. The van der Waals surface area contributed by atoms with Crippen LogP contribution in [0.1, 0.15) is 17.3 Å². The van der Waals surface area contributed by atoms with Gasteiger partial charge in [0.2, 0.25) is 10.0 Å². The minimum Gasteiger partial charge on any atom is -0.272 e. The quantitative estimate of drug-likeness (QED) is 0.568. The standard InChI is InChI=1S/C18H17ClN2O4S2/c1-12(11-25-20-18(22)14-6-4-7-15(19)9-14)21-27(23,24)17-10-13-5-2-3-8-16(13)26-17/h2-10,12,21H,11H2,1H3,(H,20,22)/t12-/m0/s1. The van der Waals surface area contributed by atoms with Crippen molar-refractivity contribution in [1.82, 2.24) is 10.2 Å². The van der Waals surface area contributed by atoms with Crippen molar-refractivity contribution in [3.05, 3.63) is 65.2 Å². The van der Waals surface area contributed by atoms with Gasteiger partial charge in [-0.15, -0.1) is 11.3 Å². The van der Waals surface area contributed by atoms with Crippen LogP contribution in [0.3, 0.4) is 0 Å². The third-order valence-electron chi connectivity index (χ3n) is 3.61. The highest BCUT2D eigenvalue weighted by atomic mass is 35.5. The number of hydrogen-bond acceptors (Lipinski definition) is 5. The van der Waals surface area contributed by atoms with Gasteiger partial charge in [-0.3, -0.25) is 9.63 Å². The molecule has 3 rings (SSSR count). The third-order valence-corrected chi connectivity index (χ3v) is 7.02. The van der Waals surface area contributed by atoms with Gasteiger partial charge in [-0.2, -0.15) is 0 Å². The lowest BCUT2D eigenvalue weighted by molar-refractivity contribution is 0.0262. The van der Waals surface area contributed by atoms with Crippen molar-refractivity contribution in [2.24, 2.45) is 0 Å². The highest BCUT2D eigenvalue weighted by Gasteiger charge is 2.20. The van der Waals surface area contributed by atoms with Crippen LogP contribution in [0.2, 0.25) is 5.02 Å². The van der Waals surface area contributed by atoms with Crippen LogP contribution < -0.4 is 10.2 Å². The summed E-state index contributed by atoms with van der Waals surface area (Å²) >= 11 is 7.04. The number of hydroxylamine groups is 1. The molecule has 2 N–H and O–H groups in total. The lowest BCUT2D eigenvalue weighted by atomic mass is 10.2. The van der Waals surface area contributed by atoms with E-state index in [1.165, 1.54) is 17.4 Å². The minimum absolute atomic E-state index is 0.0313. The van der Waals surface area contributed by atoms with Gasteiger partial charge in [-0.05, 0) is 42.6 Å². The molecule has 0 saturated carbocycles. The molecule has 0 bridgehead atoms. The summed E-state index contributed by atoms with van der Waals surface area (Å²) in [6.07, 6.45) is 0. The number of amides is 1. The Morgan fingerprint density at radius 2 is 1.96 bits per heavy atom. The molecule has 1 aromatic heterocycles. The maximum atomic E-state index is 12.5. The van der Waals surface area contributed by atoms with Crippen molar-refractivity contribution >= 4 is 49.0 Å². The summed E-state index contributed by atoms with van der Waals surface area (Å²) in [5.41, 5.74) is 2.62. The van der Waals surface area contributed by atoms with E-state index >= 15 is 0 Å². The zero-order valence-electron chi connectivity index (χ0n) is 14.3. The fraction of sp³-hybridized carbons (Fsp3) is 0.167. The Morgan fingerprint density at radius 1 is 1.19 bits per heavy atom. The Labute approximate surface area is 166 Å². The molecular weight excluding hydrogens is 408 g/mol. The second-order valence-corrected chi connectivity index (χ2v) is 9.34. The van der Waals surface area contributed by atoms with Crippen LogP contribution in [0.15, 0.2) is 58.8 Å². The molecule has 1 atom stereocenters. The molecule has 142 valence electrons. The fourth-order valence-electron chi connectivity index (χ4n) is 2.37. The molecule has 3 aromatic rings. The van der Waals surface area contributed by atoms with Crippen LogP contribution in [-0.4, -0.2) is 27.0 Å². The average molecular weight is 425 g/mol. The van der Waals surface area contributed by atoms with E-state index in [0.717, 1.165) is 10.1 Å². The second-order valence-electron chi connectivity index (χ2n) is 5.88. The molecule has 9 heteroatoms. The third kappa shape index (κ3) is 5.06. The van der Waals surface area contributed by atoms with Gasteiger partial charge in [-0.25, -0.2) is 18.6 Å². The molecule has 6 nitrogen and oxygen atoms in total. The van der Waals surface area contributed by atoms with E-state index in [0.29, 0.717) is 10.6 Å². The van der Waals surface area contributed by atoms with E-state index in [-0.39, 0.29) is 10.8 Å². The van der Waals surface area contributed by atoms with Gasteiger partial charge in [0.15, 0.2) is 0 Å². The van der Waals surface area contributed by atoms with Gasteiger partial charge >= 0.3 is 0 Å². The zero-order valence-corrected chi connectivity index (χ0v) is 16.7. The molecule has 27 heavy (non-hydrogen) atoms. The summed E-state index contributed by atoms with van der Waals surface area (Å²) in [6, 6.07) is 15.0. The van der Waals surface area contributed by atoms with E-state index in [1.54, 1.807) is 31.2 Å². The first-order valence-corrected chi connectivity index (χ1v) is 10.7. The number of rotatable bonds is 7. The Balaban J connectivity index is 1.55. The Kier molecular flexibility index (Phi) is 6.13. The van der Waals surface area contributed by atoms with E-state index in [9.17, 15) is 13.2 Å². The molecular formula is C18H17ClN2O4S2. The highest BCUT2D eigenvalue weighted by Crippen LogP contribution is 2.28. The van der Waals surface area contributed by atoms with Crippen LogP contribution in [0.5, 0.6) is 0 Å². The van der Waals surface area contributed by atoms with Gasteiger partial charge in [0.05, 0.1) is 6.61 Å².